The highest BCUT2D eigenvalue weighted by atomic mass is 14.4. The predicted octanol–water partition coefficient (Wildman–Crippen LogP) is 6.25. The first-order valence-corrected chi connectivity index (χ1v) is 8.57. The van der Waals surface area contributed by atoms with Crippen LogP contribution in [0.5, 0.6) is 0 Å². The maximum Gasteiger partial charge on any atom is 0.0165 e. The molecule has 1 aliphatic rings. The van der Waals surface area contributed by atoms with E-state index < -0.39 is 0 Å². The van der Waals surface area contributed by atoms with Gasteiger partial charge in [-0.1, -0.05) is 92.7 Å². The molecule has 3 aromatic carbocycles. The van der Waals surface area contributed by atoms with Crippen molar-refractivity contribution in [3.8, 4) is 0 Å². The first-order chi connectivity index (χ1) is 11.6. The van der Waals surface area contributed by atoms with Crippen molar-refractivity contribution in [2.75, 3.05) is 0 Å². The Morgan fingerprint density at radius 2 is 1.21 bits per heavy atom. The molecule has 0 fully saturated rings. The molecule has 118 valence electrons. The molecule has 0 heterocycles. The lowest BCUT2D eigenvalue weighted by molar-refractivity contribution is 0.704. The van der Waals surface area contributed by atoms with Crippen molar-refractivity contribution in [3.05, 3.63) is 107 Å². The van der Waals surface area contributed by atoms with Crippen molar-refractivity contribution in [1.82, 2.24) is 0 Å². The lowest BCUT2D eigenvalue weighted by Crippen LogP contribution is -2.16. The van der Waals surface area contributed by atoms with Crippen LogP contribution in [0.4, 0.5) is 0 Å². The van der Waals surface area contributed by atoms with Gasteiger partial charge in [-0.05, 0) is 45.9 Å². The van der Waals surface area contributed by atoms with Gasteiger partial charge >= 0.3 is 0 Å². The van der Waals surface area contributed by atoms with E-state index in [0.717, 1.165) is 0 Å². The van der Waals surface area contributed by atoms with Crippen LogP contribution in [0.3, 0.4) is 0 Å². The third-order valence-corrected chi connectivity index (χ3v) is 5.22. The smallest absolute Gasteiger partial charge is 0.0165 e. The first-order valence-electron chi connectivity index (χ1n) is 8.57. The predicted molar refractivity (Wildman–Crippen MR) is 103 cm³/mol. The summed E-state index contributed by atoms with van der Waals surface area (Å²) in [6.45, 7) is 6.90. The zero-order valence-electron chi connectivity index (χ0n) is 14.5. The molecular formula is C24H22. The van der Waals surface area contributed by atoms with Gasteiger partial charge in [0.1, 0.15) is 0 Å². The van der Waals surface area contributed by atoms with Crippen LogP contribution in [0.15, 0.2) is 78.9 Å². The average molecular weight is 310 g/mol. The summed E-state index contributed by atoms with van der Waals surface area (Å²) in [6, 6.07) is 28.4. The van der Waals surface area contributed by atoms with Crippen LogP contribution in [0, 0.1) is 6.92 Å². The third-order valence-electron chi connectivity index (χ3n) is 5.22. The Morgan fingerprint density at radius 3 is 1.92 bits per heavy atom. The molecule has 0 unspecified atom stereocenters. The van der Waals surface area contributed by atoms with E-state index in [9.17, 15) is 0 Å². The van der Waals surface area contributed by atoms with Crippen molar-refractivity contribution in [1.29, 1.82) is 0 Å². The molecule has 0 saturated heterocycles. The van der Waals surface area contributed by atoms with E-state index in [4.69, 9.17) is 0 Å². The fourth-order valence-electron chi connectivity index (χ4n) is 4.07. The Balaban J connectivity index is 2.11. The van der Waals surface area contributed by atoms with Gasteiger partial charge in [-0.2, -0.15) is 0 Å². The second-order valence-corrected chi connectivity index (χ2v) is 7.10. The van der Waals surface area contributed by atoms with Crippen LogP contribution in [0.25, 0.3) is 11.1 Å². The molecule has 0 aromatic heterocycles. The zero-order chi connectivity index (χ0) is 16.7. The molecule has 24 heavy (non-hydrogen) atoms. The van der Waals surface area contributed by atoms with Gasteiger partial charge in [-0.15, -0.1) is 0 Å². The lowest BCUT2D eigenvalue weighted by atomic mass is 9.78. The summed E-state index contributed by atoms with van der Waals surface area (Å²) in [5, 5.41) is 0. The van der Waals surface area contributed by atoms with Crippen LogP contribution < -0.4 is 0 Å². The molecule has 3 aromatic rings. The summed E-state index contributed by atoms with van der Waals surface area (Å²) in [7, 11) is 0. The normalized spacial score (nSPS) is 15.5. The second-order valence-electron chi connectivity index (χ2n) is 7.10. The molecule has 0 radical (unpaired) electrons. The van der Waals surface area contributed by atoms with E-state index >= 15 is 0 Å². The summed E-state index contributed by atoms with van der Waals surface area (Å²) >= 11 is 0. The highest BCUT2D eigenvalue weighted by molar-refractivity contribution is 6.07. The van der Waals surface area contributed by atoms with E-state index in [2.05, 4.69) is 99.6 Å². The van der Waals surface area contributed by atoms with Crippen LogP contribution >= 0.6 is 0 Å². The number of aryl methyl sites for hydroxylation is 1. The number of hydrogen-bond donors (Lipinski definition) is 0. The standard InChI is InChI=1S/C24H22/c1-17-11-7-8-14-19(17)22-20-15-9-10-16-21(20)24(2,3)23(22)18-12-5-4-6-13-18/h4-16H,1-3H3. The van der Waals surface area contributed by atoms with Gasteiger partial charge in [0.25, 0.3) is 0 Å². The minimum atomic E-state index is -0.00440. The summed E-state index contributed by atoms with van der Waals surface area (Å²) < 4.78 is 0. The summed E-state index contributed by atoms with van der Waals surface area (Å²) in [5.41, 5.74) is 9.59. The van der Waals surface area contributed by atoms with E-state index in [1.54, 1.807) is 0 Å². The van der Waals surface area contributed by atoms with E-state index in [1.807, 2.05) is 0 Å². The molecule has 0 aliphatic heterocycles. The van der Waals surface area contributed by atoms with Crippen molar-refractivity contribution < 1.29 is 0 Å². The molecule has 0 saturated carbocycles. The second kappa shape index (κ2) is 5.49. The molecule has 0 atom stereocenters. The quantitative estimate of drug-likeness (QED) is 0.525. The van der Waals surface area contributed by atoms with Gasteiger partial charge in [0.15, 0.2) is 0 Å². The molecule has 0 nitrogen and oxygen atoms in total. The van der Waals surface area contributed by atoms with E-state index in [-0.39, 0.29) is 5.41 Å². The van der Waals surface area contributed by atoms with Crippen molar-refractivity contribution in [2.24, 2.45) is 0 Å². The SMILES string of the molecule is Cc1ccccc1C1=C(c2ccccc2)C(C)(C)c2ccccc21. The molecule has 0 spiro atoms. The fraction of sp³-hybridized carbons (Fsp3) is 0.167. The fourth-order valence-corrected chi connectivity index (χ4v) is 4.07. The van der Waals surface area contributed by atoms with Crippen LogP contribution in [-0.2, 0) is 5.41 Å². The van der Waals surface area contributed by atoms with Gasteiger partial charge in [-0.25, -0.2) is 0 Å². The molecule has 4 rings (SSSR count). The van der Waals surface area contributed by atoms with Gasteiger partial charge in [-0.3, -0.25) is 0 Å². The Kier molecular flexibility index (Phi) is 3.42. The lowest BCUT2D eigenvalue weighted by Gasteiger charge is -2.25. The summed E-state index contributed by atoms with van der Waals surface area (Å²) in [6.07, 6.45) is 0. The summed E-state index contributed by atoms with van der Waals surface area (Å²) in [5.74, 6) is 0. The molecule has 0 N–H and O–H groups in total. The highest BCUT2D eigenvalue weighted by Gasteiger charge is 2.38. The number of fused-ring (bicyclic) bond motifs is 1. The maximum atomic E-state index is 2.35. The molecule has 0 amide bonds. The number of hydrogen-bond acceptors (Lipinski definition) is 0. The van der Waals surface area contributed by atoms with Crippen molar-refractivity contribution in [2.45, 2.75) is 26.2 Å². The number of benzene rings is 3. The third kappa shape index (κ3) is 2.14. The molecule has 0 heteroatoms. The van der Waals surface area contributed by atoms with E-state index in [1.165, 1.54) is 39.0 Å². The van der Waals surface area contributed by atoms with Crippen LogP contribution in [-0.4, -0.2) is 0 Å². The Labute approximate surface area is 144 Å². The van der Waals surface area contributed by atoms with E-state index in [0.29, 0.717) is 0 Å². The Hall–Kier alpha value is -2.60. The first kappa shape index (κ1) is 15.0. The zero-order valence-corrected chi connectivity index (χ0v) is 14.5. The Morgan fingerprint density at radius 1 is 0.625 bits per heavy atom. The largest absolute Gasteiger partial charge is 0.0622 e. The summed E-state index contributed by atoms with van der Waals surface area (Å²) in [4.78, 5) is 0. The van der Waals surface area contributed by atoms with Gasteiger partial charge < -0.3 is 0 Å². The van der Waals surface area contributed by atoms with Gasteiger partial charge in [0.05, 0.1) is 0 Å². The van der Waals surface area contributed by atoms with Crippen LogP contribution in [0.1, 0.15) is 41.7 Å². The van der Waals surface area contributed by atoms with Crippen molar-refractivity contribution >= 4 is 11.1 Å². The minimum absolute atomic E-state index is 0.00440. The highest BCUT2D eigenvalue weighted by Crippen LogP contribution is 2.53. The maximum absolute atomic E-state index is 2.35. The molecule has 1 aliphatic carbocycles. The topological polar surface area (TPSA) is 0 Å². The molecular weight excluding hydrogens is 288 g/mol. The Bertz CT molecular complexity index is 927. The van der Waals surface area contributed by atoms with Gasteiger partial charge in [0, 0.05) is 5.41 Å². The number of rotatable bonds is 2. The van der Waals surface area contributed by atoms with Crippen LogP contribution in [0.2, 0.25) is 0 Å². The van der Waals surface area contributed by atoms with Crippen molar-refractivity contribution in [3.63, 3.8) is 0 Å². The van der Waals surface area contributed by atoms with Gasteiger partial charge in [0.2, 0.25) is 0 Å². The molecule has 0 bridgehead atoms. The monoisotopic (exact) mass is 310 g/mol. The average Bonchev–Trinajstić information content (AvgIpc) is 2.84. The number of allylic oxidation sites excluding steroid dienone is 1. The minimum Gasteiger partial charge on any atom is -0.0622 e.